The lowest BCUT2D eigenvalue weighted by molar-refractivity contribution is -0.142. The second-order valence-electron chi connectivity index (χ2n) is 7.15. The van der Waals surface area contributed by atoms with E-state index >= 15 is 0 Å². The Kier molecular flexibility index (Phi) is 4.91. The van der Waals surface area contributed by atoms with Crippen molar-refractivity contribution < 1.29 is 9.59 Å². The average molecular weight is 295 g/mol. The molecule has 3 N–H and O–H groups in total. The van der Waals surface area contributed by atoms with Gasteiger partial charge in [0.05, 0.1) is 5.41 Å². The van der Waals surface area contributed by atoms with E-state index in [0.717, 1.165) is 45.2 Å². The highest BCUT2D eigenvalue weighted by Gasteiger charge is 2.45. The first-order valence-corrected chi connectivity index (χ1v) is 8.20. The number of carbonyl (C=O) groups is 2. The Morgan fingerprint density at radius 1 is 1.24 bits per heavy atom. The summed E-state index contributed by atoms with van der Waals surface area (Å²) >= 11 is 0. The van der Waals surface area contributed by atoms with Crippen molar-refractivity contribution in [3.63, 3.8) is 0 Å². The Morgan fingerprint density at radius 3 is 2.33 bits per heavy atom. The van der Waals surface area contributed by atoms with Crippen molar-refractivity contribution in [2.24, 2.45) is 17.1 Å². The van der Waals surface area contributed by atoms with E-state index in [-0.39, 0.29) is 35.2 Å². The summed E-state index contributed by atoms with van der Waals surface area (Å²) in [7, 11) is 0. The molecule has 0 aromatic heterocycles. The van der Waals surface area contributed by atoms with Crippen molar-refractivity contribution >= 4 is 11.8 Å². The van der Waals surface area contributed by atoms with Crippen LogP contribution in [0.2, 0.25) is 0 Å². The van der Waals surface area contributed by atoms with Gasteiger partial charge in [0.2, 0.25) is 11.8 Å². The predicted molar refractivity (Wildman–Crippen MR) is 82.5 cm³/mol. The molecule has 1 saturated carbocycles. The van der Waals surface area contributed by atoms with Crippen molar-refractivity contribution in [1.82, 2.24) is 10.2 Å². The van der Waals surface area contributed by atoms with Crippen molar-refractivity contribution in [2.75, 3.05) is 13.1 Å². The fourth-order valence-corrected chi connectivity index (χ4v) is 3.41. The molecule has 5 nitrogen and oxygen atoms in total. The van der Waals surface area contributed by atoms with Gasteiger partial charge >= 0.3 is 0 Å². The molecule has 21 heavy (non-hydrogen) atoms. The van der Waals surface area contributed by atoms with Crippen LogP contribution >= 0.6 is 0 Å². The molecule has 2 rings (SSSR count). The molecule has 1 aliphatic heterocycles. The monoisotopic (exact) mass is 295 g/mol. The summed E-state index contributed by atoms with van der Waals surface area (Å²) in [6.07, 6.45) is 4.58. The largest absolute Gasteiger partial charge is 0.353 e. The minimum atomic E-state index is -0.381. The Labute approximate surface area is 127 Å². The number of hydrogen-bond acceptors (Lipinski definition) is 3. The summed E-state index contributed by atoms with van der Waals surface area (Å²) in [6, 6.07) is 0.192. The van der Waals surface area contributed by atoms with Gasteiger partial charge in [0.1, 0.15) is 0 Å². The van der Waals surface area contributed by atoms with E-state index in [1.807, 2.05) is 25.7 Å². The highest BCUT2D eigenvalue weighted by Crippen LogP contribution is 2.38. The van der Waals surface area contributed by atoms with Crippen LogP contribution < -0.4 is 11.1 Å². The Bertz CT molecular complexity index is 402. The first kappa shape index (κ1) is 16.3. The molecule has 2 amide bonds. The van der Waals surface area contributed by atoms with Gasteiger partial charge in [-0.3, -0.25) is 9.59 Å². The third kappa shape index (κ3) is 3.39. The lowest BCUT2D eigenvalue weighted by atomic mass is 9.83. The number of amides is 2. The fraction of sp³-hybridized carbons (Fsp3) is 0.875. The summed E-state index contributed by atoms with van der Waals surface area (Å²) in [6.45, 7) is 7.26. The number of nitrogens with one attached hydrogen (secondary N) is 1. The number of nitrogens with two attached hydrogens (primary N) is 1. The molecule has 2 atom stereocenters. The van der Waals surface area contributed by atoms with Gasteiger partial charge in [-0.25, -0.2) is 0 Å². The molecule has 0 bridgehead atoms. The van der Waals surface area contributed by atoms with Crippen LogP contribution in [0.4, 0.5) is 0 Å². The van der Waals surface area contributed by atoms with Gasteiger partial charge in [0, 0.05) is 31.1 Å². The average Bonchev–Trinajstić information content (AvgIpc) is 2.80. The van der Waals surface area contributed by atoms with Crippen LogP contribution in [-0.2, 0) is 9.59 Å². The number of nitrogens with zero attached hydrogens (tertiary/aromatic N) is 1. The van der Waals surface area contributed by atoms with Gasteiger partial charge < -0.3 is 16.0 Å². The molecular formula is C16H29N3O2. The normalized spacial score (nSPS) is 30.7. The molecule has 0 aromatic rings. The van der Waals surface area contributed by atoms with E-state index in [4.69, 9.17) is 5.73 Å². The smallest absolute Gasteiger partial charge is 0.230 e. The zero-order valence-electron chi connectivity index (χ0n) is 13.5. The van der Waals surface area contributed by atoms with Crippen LogP contribution in [0.3, 0.4) is 0 Å². The topological polar surface area (TPSA) is 75.4 Å². The van der Waals surface area contributed by atoms with Crippen molar-refractivity contribution in [3.8, 4) is 0 Å². The second-order valence-corrected chi connectivity index (χ2v) is 7.15. The predicted octanol–water partition coefficient (Wildman–Crippen LogP) is 1.27. The quantitative estimate of drug-likeness (QED) is 0.823. The summed E-state index contributed by atoms with van der Waals surface area (Å²) in [5.41, 5.74) is 5.76. The van der Waals surface area contributed by atoms with Crippen LogP contribution in [-0.4, -0.2) is 41.9 Å². The lowest BCUT2D eigenvalue weighted by Crippen LogP contribution is -2.53. The van der Waals surface area contributed by atoms with Crippen molar-refractivity contribution in [1.29, 1.82) is 0 Å². The first-order chi connectivity index (χ1) is 9.84. The van der Waals surface area contributed by atoms with E-state index < -0.39 is 0 Å². The first-order valence-electron chi connectivity index (χ1n) is 8.20. The molecule has 1 heterocycles. The van der Waals surface area contributed by atoms with Crippen LogP contribution in [0.15, 0.2) is 0 Å². The highest BCUT2D eigenvalue weighted by molar-refractivity contribution is 5.83. The SMILES string of the molecule is CC(C)C(=O)NC1CCN(C(=O)C2(C)CCCC2N)CC1. The highest BCUT2D eigenvalue weighted by atomic mass is 16.2. The Hall–Kier alpha value is -1.10. The summed E-state index contributed by atoms with van der Waals surface area (Å²) in [5, 5.41) is 3.06. The molecule has 0 radical (unpaired) electrons. The summed E-state index contributed by atoms with van der Waals surface area (Å²) in [4.78, 5) is 26.4. The molecular weight excluding hydrogens is 266 g/mol. The van der Waals surface area contributed by atoms with E-state index in [1.165, 1.54) is 0 Å². The maximum absolute atomic E-state index is 12.7. The number of hydrogen-bond donors (Lipinski definition) is 2. The molecule has 2 unspecified atom stereocenters. The molecule has 0 spiro atoms. The molecule has 2 aliphatic rings. The Balaban J connectivity index is 1.86. The van der Waals surface area contributed by atoms with Crippen LogP contribution in [0.5, 0.6) is 0 Å². The number of carbonyl (C=O) groups excluding carboxylic acids is 2. The zero-order valence-corrected chi connectivity index (χ0v) is 13.5. The van der Waals surface area contributed by atoms with E-state index in [1.54, 1.807) is 0 Å². The van der Waals surface area contributed by atoms with Crippen LogP contribution in [0.25, 0.3) is 0 Å². The number of rotatable bonds is 3. The summed E-state index contributed by atoms with van der Waals surface area (Å²) < 4.78 is 0. The maximum Gasteiger partial charge on any atom is 0.230 e. The third-order valence-corrected chi connectivity index (χ3v) is 5.17. The van der Waals surface area contributed by atoms with E-state index in [2.05, 4.69) is 5.32 Å². The fourth-order valence-electron chi connectivity index (χ4n) is 3.41. The molecule has 120 valence electrons. The zero-order chi connectivity index (χ0) is 15.6. The second kappa shape index (κ2) is 6.34. The van der Waals surface area contributed by atoms with Gasteiger partial charge in [-0.15, -0.1) is 0 Å². The summed E-state index contributed by atoms with van der Waals surface area (Å²) in [5.74, 6) is 0.325. The van der Waals surface area contributed by atoms with Crippen LogP contribution in [0, 0.1) is 11.3 Å². The standard InChI is InChI=1S/C16H29N3O2/c1-11(2)14(20)18-12-6-9-19(10-7-12)15(21)16(3)8-4-5-13(16)17/h11-13H,4-10,17H2,1-3H3,(H,18,20). The molecule has 1 aliphatic carbocycles. The number of piperidine rings is 1. The minimum Gasteiger partial charge on any atom is -0.353 e. The van der Waals surface area contributed by atoms with Crippen molar-refractivity contribution in [3.05, 3.63) is 0 Å². The third-order valence-electron chi connectivity index (χ3n) is 5.17. The van der Waals surface area contributed by atoms with Crippen molar-refractivity contribution in [2.45, 2.75) is 65.0 Å². The lowest BCUT2D eigenvalue weighted by Gasteiger charge is -2.38. The Morgan fingerprint density at radius 2 is 1.86 bits per heavy atom. The molecule has 0 aromatic carbocycles. The molecule has 1 saturated heterocycles. The van der Waals surface area contributed by atoms with Gasteiger partial charge in [-0.1, -0.05) is 20.3 Å². The molecule has 5 heteroatoms. The van der Waals surface area contributed by atoms with E-state index in [9.17, 15) is 9.59 Å². The van der Waals surface area contributed by atoms with Gasteiger partial charge in [-0.2, -0.15) is 0 Å². The maximum atomic E-state index is 12.7. The minimum absolute atomic E-state index is 0.0108. The molecule has 2 fully saturated rings. The van der Waals surface area contributed by atoms with Gasteiger partial charge in [-0.05, 0) is 32.6 Å². The van der Waals surface area contributed by atoms with E-state index in [0.29, 0.717) is 0 Å². The van der Waals surface area contributed by atoms with Gasteiger partial charge in [0.25, 0.3) is 0 Å². The van der Waals surface area contributed by atoms with Crippen LogP contribution in [0.1, 0.15) is 52.9 Å². The number of likely N-dealkylation sites (tertiary alicyclic amines) is 1. The van der Waals surface area contributed by atoms with Gasteiger partial charge in [0.15, 0.2) is 0 Å².